The first-order valence-electron chi connectivity index (χ1n) is 7.39. The highest BCUT2D eigenvalue weighted by molar-refractivity contribution is 5.89. The van der Waals surface area contributed by atoms with E-state index in [0.717, 1.165) is 6.42 Å². The Morgan fingerprint density at radius 2 is 1.90 bits per heavy atom. The highest BCUT2D eigenvalue weighted by Gasteiger charge is 2.35. The van der Waals surface area contributed by atoms with Crippen LogP contribution in [0.5, 0.6) is 0 Å². The van der Waals surface area contributed by atoms with Crippen LogP contribution in [0.15, 0.2) is 24.3 Å². The van der Waals surface area contributed by atoms with Crippen molar-refractivity contribution >= 4 is 17.7 Å². The number of nitrogens with one attached hydrogen (secondary N) is 2. The van der Waals surface area contributed by atoms with E-state index in [4.69, 9.17) is 5.11 Å². The molecule has 1 aromatic carbocycles. The van der Waals surface area contributed by atoms with Gasteiger partial charge < -0.3 is 15.7 Å². The summed E-state index contributed by atoms with van der Waals surface area (Å²) in [6.45, 7) is 2.88. The van der Waals surface area contributed by atoms with Crippen LogP contribution < -0.4 is 10.6 Å². The van der Waals surface area contributed by atoms with E-state index in [0.29, 0.717) is 23.2 Å². The highest BCUT2D eigenvalue weighted by Crippen LogP contribution is 2.42. The lowest BCUT2D eigenvalue weighted by atomic mass is 9.67. The van der Waals surface area contributed by atoms with Crippen molar-refractivity contribution < 1.29 is 14.7 Å². The number of carboxylic acids is 1. The van der Waals surface area contributed by atoms with Crippen LogP contribution in [-0.4, -0.2) is 23.7 Å². The first-order chi connectivity index (χ1) is 10.0. The third-order valence-electron chi connectivity index (χ3n) is 4.36. The number of amides is 2. The molecule has 5 nitrogen and oxygen atoms in total. The molecule has 3 N–H and O–H groups in total. The largest absolute Gasteiger partial charge is 0.481 e. The Morgan fingerprint density at radius 1 is 1.24 bits per heavy atom. The van der Waals surface area contributed by atoms with Crippen LogP contribution in [-0.2, 0) is 11.2 Å². The second-order valence-electron chi connectivity index (χ2n) is 5.78. The number of hydrogen-bond donors (Lipinski definition) is 3. The summed E-state index contributed by atoms with van der Waals surface area (Å²) >= 11 is 0. The molecule has 0 spiro atoms. The molecular weight excluding hydrogens is 268 g/mol. The van der Waals surface area contributed by atoms with Crippen LogP contribution >= 0.6 is 0 Å². The molecule has 0 saturated heterocycles. The number of anilines is 1. The Labute approximate surface area is 124 Å². The molecule has 0 radical (unpaired) electrons. The first kappa shape index (κ1) is 15.4. The maximum absolute atomic E-state index is 11.9. The number of hydrogen-bond acceptors (Lipinski definition) is 2. The molecule has 0 bridgehead atoms. The minimum Gasteiger partial charge on any atom is -0.481 e. The van der Waals surface area contributed by atoms with Gasteiger partial charge >= 0.3 is 12.0 Å². The van der Waals surface area contributed by atoms with E-state index in [1.54, 1.807) is 24.3 Å². The summed E-state index contributed by atoms with van der Waals surface area (Å²) in [7, 11) is 0. The molecule has 0 unspecified atom stereocenters. The van der Waals surface area contributed by atoms with Gasteiger partial charge in [-0.15, -0.1) is 0 Å². The summed E-state index contributed by atoms with van der Waals surface area (Å²) < 4.78 is 0. The van der Waals surface area contributed by atoms with Crippen molar-refractivity contribution in [3.8, 4) is 0 Å². The van der Waals surface area contributed by atoms with Crippen LogP contribution in [0.2, 0.25) is 0 Å². The molecule has 1 saturated carbocycles. The molecule has 2 amide bonds. The monoisotopic (exact) mass is 290 g/mol. The van der Waals surface area contributed by atoms with E-state index in [-0.39, 0.29) is 12.5 Å². The number of carbonyl (C=O) groups is 2. The van der Waals surface area contributed by atoms with Crippen molar-refractivity contribution in [2.75, 3.05) is 11.9 Å². The molecule has 0 aromatic heterocycles. The standard InChI is InChI=1S/C16H22N2O3/c1-2-16(8-3-9-16)11-17-15(21)18-13-6-4-12(5-7-13)10-14(19)20/h4-7H,2-3,8-11H2,1H3,(H,19,20)(H2,17,18,21). The van der Waals surface area contributed by atoms with Gasteiger partial charge in [0.15, 0.2) is 0 Å². The van der Waals surface area contributed by atoms with Crippen molar-refractivity contribution in [1.82, 2.24) is 5.32 Å². The highest BCUT2D eigenvalue weighted by atomic mass is 16.4. The van der Waals surface area contributed by atoms with E-state index < -0.39 is 5.97 Å². The van der Waals surface area contributed by atoms with Gasteiger partial charge in [-0.25, -0.2) is 4.79 Å². The molecule has 0 heterocycles. The number of rotatable bonds is 6. The van der Waals surface area contributed by atoms with Gasteiger partial charge in [0, 0.05) is 12.2 Å². The average Bonchev–Trinajstić information content (AvgIpc) is 2.40. The van der Waals surface area contributed by atoms with Crippen LogP contribution in [0.4, 0.5) is 10.5 Å². The van der Waals surface area contributed by atoms with Crippen molar-refractivity contribution in [2.24, 2.45) is 5.41 Å². The molecule has 1 aromatic rings. The van der Waals surface area contributed by atoms with E-state index in [1.165, 1.54) is 19.3 Å². The van der Waals surface area contributed by atoms with Gasteiger partial charge in [0.05, 0.1) is 6.42 Å². The number of aliphatic carboxylic acids is 1. The Bertz CT molecular complexity index is 501. The van der Waals surface area contributed by atoms with Crippen molar-refractivity contribution in [1.29, 1.82) is 0 Å². The summed E-state index contributed by atoms with van der Waals surface area (Å²) in [6, 6.07) is 6.65. The van der Waals surface area contributed by atoms with E-state index in [9.17, 15) is 9.59 Å². The zero-order valence-corrected chi connectivity index (χ0v) is 12.3. The molecule has 0 atom stereocenters. The lowest BCUT2D eigenvalue weighted by molar-refractivity contribution is -0.136. The fraction of sp³-hybridized carbons (Fsp3) is 0.500. The van der Waals surface area contributed by atoms with Crippen LogP contribution in [0, 0.1) is 5.41 Å². The summed E-state index contributed by atoms with van der Waals surface area (Å²) in [5, 5.41) is 14.4. The first-order valence-corrected chi connectivity index (χ1v) is 7.39. The molecule has 0 aliphatic heterocycles. The van der Waals surface area contributed by atoms with Gasteiger partial charge in [-0.1, -0.05) is 25.5 Å². The number of carboxylic acid groups (broad SMARTS) is 1. The molecular formula is C16H22N2O3. The van der Waals surface area contributed by atoms with Crippen LogP contribution in [0.3, 0.4) is 0 Å². The minimum absolute atomic E-state index is 0.00844. The van der Waals surface area contributed by atoms with Gasteiger partial charge in [-0.3, -0.25) is 4.79 Å². The van der Waals surface area contributed by atoms with E-state index in [2.05, 4.69) is 17.6 Å². The fourth-order valence-corrected chi connectivity index (χ4v) is 2.66. The Kier molecular flexibility index (Phi) is 4.83. The smallest absolute Gasteiger partial charge is 0.319 e. The second-order valence-corrected chi connectivity index (χ2v) is 5.78. The molecule has 1 aliphatic carbocycles. The predicted octanol–water partition coefficient (Wildman–Crippen LogP) is 3.02. The SMILES string of the molecule is CCC1(CNC(=O)Nc2ccc(CC(=O)O)cc2)CCC1. The summed E-state index contributed by atoms with van der Waals surface area (Å²) in [6.07, 6.45) is 4.71. The fourth-order valence-electron chi connectivity index (χ4n) is 2.66. The van der Waals surface area contributed by atoms with E-state index >= 15 is 0 Å². The van der Waals surface area contributed by atoms with Crippen LogP contribution in [0.1, 0.15) is 38.2 Å². The maximum Gasteiger partial charge on any atom is 0.319 e. The number of urea groups is 1. The normalized spacial score (nSPS) is 15.9. The third kappa shape index (κ3) is 4.21. The van der Waals surface area contributed by atoms with Gasteiger partial charge in [0.25, 0.3) is 0 Å². The Hall–Kier alpha value is -2.04. The van der Waals surface area contributed by atoms with Crippen LogP contribution in [0.25, 0.3) is 0 Å². The molecule has 2 rings (SSSR count). The number of benzene rings is 1. The zero-order chi connectivity index (χ0) is 15.3. The van der Waals surface area contributed by atoms with Gasteiger partial charge in [0.1, 0.15) is 0 Å². The average molecular weight is 290 g/mol. The summed E-state index contributed by atoms with van der Waals surface area (Å²) in [5.74, 6) is -0.862. The molecule has 1 aliphatic rings. The maximum atomic E-state index is 11.9. The van der Waals surface area contributed by atoms with E-state index in [1.807, 2.05) is 0 Å². The number of carbonyl (C=O) groups excluding carboxylic acids is 1. The van der Waals surface area contributed by atoms with Crippen molar-refractivity contribution in [3.63, 3.8) is 0 Å². The Balaban J connectivity index is 1.81. The lowest BCUT2D eigenvalue weighted by Gasteiger charge is -2.41. The summed E-state index contributed by atoms with van der Waals surface area (Å²) in [4.78, 5) is 22.5. The topological polar surface area (TPSA) is 78.4 Å². The molecule has 1 fully saturated rings. The van der Waals surface area contributed by atoms with Crippen molar-refractivity contribution in [2.45, 2.75) is 39.0 Å². The quantitative estimate of drug-likeness (QED) is 0.753. The van der Waals surface area contributed by atoms with Gasteiger partial charge in [0.2, 0.25) is 0 Å². The van der Waals surface area contributed by atoms with Gasteiger partial charge in [-0.2, -0.15) is 0 Å². The second kappa shape index (κ2) is 6.61. The lowest BCUT2D eigenvalue weighted by Crippen LogP contribution is -2.43. The molecule has 5 heteroatoms. The zero-order valence-electron chi connectivity index (χ0n) is 12.3. The third-order valence-corrected chi connectivity index (χ3v) is 4.36. The predicted molar refractivity (Wildman–Crippen MR) is 81.4 cm³/mol. The molecule has 21 heavy (non-hydrogen) atoms. The van der Waals surface area contributed by atoms with Crippen molar-refractivity contribution in [3.05, 3.63) is 29.8 Å². The molecule has 114 valence electrons. The Morgan fingerprint density at radius 3 is 2.38 bits per heavy atom. The van der Waals surface area contributed by atoms with Gasteiger partial charge in [-0.05, 0) is 42.4 Å². The minimum atomic E-state index is -0.862. The summed E-state index contributed by atoms with van der Waals surface area (Å²) in [5.41, 5.74) is 1.68.